The molecule has 128 valence electrons. The van der Waals surface area contributed by atoms with Crippen LogP contribution in [-0.4, -0.2) is 35.7 Å². The summed E-state index contributed by atoms with van der Waals surface area (Å²) in [5.74, 6) is 0.944. The van der Waals surface area contributed by atoms with E-state index in [2.05, 4.69) is 5.16 Å². The molecular formula is C18H21FN2O3. The van der Waals surface area contributed by atoms with Gasteiger partial charge in [-0.05, 0) is 38.8 Å². The molecule has 1 aromatic carbocycles. The van der Waals surface area contributed by atoms with E-state index in [1.165, 1.54) is 12.1 Å². The van der Waals surface area contributed by atoms with Crippen LogP contribution in [0.2, 0.25) is 0 Å². The van der Waals surface area contributed by atoms with Gasteiger partial charge in [-0.2, -0.15) is 0 Å². The predicted molar refractivity (Wildman–Crippen MR) is 86.5 cm³/mol. The maximum atomic E-state index is 13.2. The molecule has 0 saturated carbocycles. The highest BCUT2D eigenvalue weighted by Gasteiger charge is 2.28. The Bertz CT molecular complexity index is 709. The molecule has 0 bridgehead atoms. The summed E-state index contributed by atoms with van der Waals surface area (Å²) in [5.41, 5.74) is 1.18. The monoisotopic (exact) mass is 332 g/mol. The van der Waals surface area contributed by atoms with Crippen molar-refractivity contribution in [2.24, 2.45) is 5.92 Å². The Kier molecular flexibility index (Phi) is 4.83. The molecule has 2 heterocycles. The Morgan fingerprint density at radius 3 is 3.00 bits per heavy atom. The quantitative estimate of drug-likeness (QED) is 0.861. The summed E-state index contributed by atoms with van der Waals surface area (Å²) in [6, 6.07) is 6.12. The van der Waals surface area contributed by atoms with E-state index in [-0.39, 0.29) is 17.6 Å². The molecule has 0 radical (unpaired) electrons. The fourth-order valence-electron chi connectivity index (χ4n) is 3.10. The molecule has 1 atom stereocenters. The molecule has 0 N–H and O–H groups in total. The number of aryl methyl sites for hydroxylation is 2. The van der Waals surface area contributed by atoms with Crippen LogP contribution < -0.4 is 4.74 Å². The molecule has 1 saturated heterocycles. The highest BCUT2D eigenvalue weighted by Crippen LogP contribution is 2.23. The molecule has 5 nitrogen and oxygen atoms in total. The summed E-state index contributed by atoms with van der Waals surface area (Å²) in [6.45, 7) is 5.34. The van der Waals surface area contributed by atoms with Gasteiger partial charge in [-0.3, -0.25) is 4.79 Å². The molecule has 1 aromatic heterocycles. The van der Waals surface area contributed by atoms with Gasteiger partial charge in [-0.15, -0.1) is 0 Å². The van der Waals surface area contributed by atoms with Crippen molar-refractivity contribution in [1.82, 2.24) is 10.1 Å². The van der Waals surface area contributed by atoms with Crippen molar-refractivity contribution in [3.8, 4) is 5.75 Å². The molecule has 1 aliphatic heterocycles. The molecule has 3 rings (SSSR count). The highest BCUT2D eigenvalue weighted by atomic mass is 19.1. The molecule has 2 aromatic rings. The van der Waals surface area contributed by atoms with Crippen molar-refractivity contribution < 1.29 is 18.4 Å². The zero-order valence-electron chi connectivity index (χ0n) is 13.9. The van der Waals surface area contributed by atoms with Gasteiger partial charge < -0.3 is 14.2 Å². The van der Waals surface area contributed by atoms with Crippen molar-refractivity contribution in [2.75, 3.05) is 19.7 Å². The second-order valence-corrected chi connectivity index (χ2v) is 6.23. The first-order valence-electron chi connectivity index (χ1n) is 8.15. The first kappa shape index (κ1) is 16.5. The number of aromatic nitrogens is 1. The second kappa shape index (κ2) is 7.03. The Morgan fingerprint density at radius 1 is 1.46 bits per heavy atom. The number of hydrogen-bond donors (Lipinski definition) is 0. The number of likely N-dealkylation sites (tertiary alicyclic amines) is 1. The van der Waals surface area contributed by atoms with Crippen LogP contribution in [0.5, 0.6) is 5.75 Å². The van der Waals surface area contributed by atoms with Crippen LogP contribution in [-0.2, 0) is 0 Å². The topological polar surface area (TPSA) is 55.6 Å². The third-order valence-corrected chi connectivity index (χ3v) is 4.34. The number of hydrogen-bond acceptors (Lipinski definition) is 4. The Morgan fingerprint density at radius 2 is 2.29 bits per heavy atom. The maximum Gasteiger partial charge on any atom is 0.259 e. The number of rotatable bonds is 4. The molecule has 24 heavy (non-hydrogen) atoms. The normalized spacial score (nSPS) is 17.8. The van der Waals surface area contributed by atoms with Crippen molar-refractivity contribution in [1.29, 1.82) is 0 Å². The number of amides is 1. The molecule has 1 amide bonds. The predicted octanol–water partition coefficient (Wildman–Crippen LogP) is 3.36. The summed E-state index contributed by atoms with van der Waals surface area (Å²) in [7, 11) is 0. The van der Waals surface area contributed by atoms with Crippen LogP contribution in [0, 0.1) is 25.6 Å². The largest absolute Gasteiger partial charge is 0.493 e. The lowest BCUT2D eigenvalue weighted by molar-refractivity contribution is 0.0631. The van der Waals surface area contributed by atoms with Gasteiger partial charge in [0.05, 0.1) is 12.3 Å². The Hall–Kier alpha value is -2.37. The third-order valence-electron chi connectivity index (χ3n) is 4.34. The molecule has 0 aliphatic carbocycles. The lowest BCUT2D eigenvalue weighted by atomic mass is 9.98. The number of carbonyl (C=O) groups excluding carboxylic acids is 1. The average molecular weight is 332 g/mol. The number of benzene rings is 1. The van der Waals surface area contributed by atoms with Gasteiger partial charge >= 0.3 is 0 Å². The minimum Gasteiger partial charge on any atom is -0.493 e. The van der Waals surface area contributed by atoms with Gasteiger partial charge in [0.15, 0.2) is 0 Å². The molecule has 1 fully saturated rings. The smallest absolute Gasteiger partial charge is 0.259 e. The van der Waals surface area contributed by atoms with E-state index in [4.69, 9.17) is 9.26 Å². The molecule has 0 spiro atoms. The fraction of sp³-hybridized carbons (Fsp3) is 0.444. The summed E-state index contributed by atoms with van der Waals surface area (Å²) in [6.07, 6.45) is 1.91. The Balaban J connectivity index is 1.61. The summed E-state index contributed by atoms with van der Waals surface area (Å²) in [5, 5.41) is 3.85. The molecule has 6 heteroatoms. The SMILES string of the molecule is Cc1noc(C)c1C(=O)N1CCCC(COc2cccc(F)c2)C1. The van der Waals surface area contributed by atoms with Crippen LogP contribution in [0.25, 0.3) is 0 Å². The minimum atomic E-state index is -0.314. The average Bonchev–Trinajstić information content (AvgIpc) is 2.91. The lowest BCUT2D eigenvalue weighted by Gasteiger charge is -2.32. The van der Waals surface area contributed by atoms with E-state index >= 15 is 0 Å². The van der Waals surface area contributed by atoms with Gasteiger partial charge in [-0.25, -0.2) is 4.39 Å². The Labute approximate surface area is 140 Å². The van der Waals surface area contributed by atoms with E-state index in [0.717, 1.165) is 19.4 Å². The summed E-state index contributed by atoms with van der Waals surface area (Å²) >= 11 is 0. The van der Waals surface area contributed by atoms with Gasteiger partial charge in [0.2, 0.25) is 0 Å². The zero-order valence-corrected chi connectivity index (χ0v) is 13.9. The van der Waals surface area contributed by atoms with Gasteiger partial charge in [-0.1, -0.05) is 11.2 Å². The molecule has 1 unspecified atom stereocenters. The van der Waals surface area contributed by atoms with Crippen LogP contribution in [0.15, 0.2) is 28.8 Å². The van der Waals surface area contributed by atoms with Crippen molar-refractivity contribution in [3.63, 3.8) is 0 Å². The van der Waals surface area contributed by atoms with Crippen LogP contribution in [0.3, 0.4) is 0 Å². The van der Waals surface area contributed by atoms with Crippen molar-refractivity contribution in [3.05, 3.63) is 47.1 Å². The third kappa shape index (κ3) is 3.58. The van der Waals surface area contributed by atoms with Crippen LogP contribution >= 0.6 is 0 Å². The van der Waals surface area contributed by atoms with E-state index in [0.29, 0.717) is 35.9 Å². The number of halogens is 1. The van der Waals surface area contributed by atoms with Crippen molar-refractivity contribution >= 4 is 5.91 Å². The first-order chi connectivity index (χ1) is 11.5. The van der Waals surface area contributed by atoms with E-state index in [1.54, 1.807) is 26.0 Å². The van der Waals surface area contributed by atoms with Crippen LogP contribution in [0.4, 0.5) is 4.39 Å². The highest BCUT2D eigenvalue weighted by molar-refractivity contribution is 5.96. The van der Waals surface area contributed by atoms with Gasteiger partial charge in [0.25, 0.3) is 5.91 Å². The van der Waals surface area contributed by atoms with Crippen molar-refractivity contribution in [2.45, 2.75) is 26.7 Å². The maximum absolute atomic E-state index is 13.2. The standard InChI is InChI=1S/C18H21FN2O3/c1-12-17(13(2)24-20-12)18(22)21-8-4-5-14(10-21)11-23-16-7-3-6-15(19)9-16/h3,6-7,9,14H,4-5,8,10-11H2,1-2H3. The van der Waals surface area contributed by atoms with Gasteiger partial charge in [0.1, 0.15) is 22.9 Å². The lowest BCUT2D eigenvalue weighted by Crippen LogP contribution is -2.41. The van der Waals surface area contributed by atoms with E-state index in [9.17, 15) is 9.18 Å². The van der Waals surface area contributed by atoms with Crippen LogP contribution in [0.1, 0.15) is 34.7 Å². The fourth-order valence-corrected chi connectivity index (χ4v) is 3.10. The van der Waals surface area contributed by atoms with E-state index in [1.807, 2.05) is 4.90 Å². The number of ether oxygens (including phenoxy) is 1. The minimum absolute atomic E-state index is 0.0401. The summed E-state index contributed by atoms with van der Waals surface area (Å²) in [4.78, 5) is 14.5. The first-order valence-corrected chi connectivity index (χ1v) is 8.15. The summed E-state index contributed by atoms with van der Waals surface area (Å²) < 4.78 is 24.0. The second-order valence-electron chi connectivity index (χ2n) is 6.23. The zero-order chi connectivity index (χ0) is 17.1. The number of nitrogens with zero attached hydrogens (tertiary/aromatic N) is 2. The van der Waals surface area contributed by atoms with E-state index < -0.39 is 0 Å². The number of piperidine rings is 1. The number of carbonyl (C=O) groups is 1. The van der Waals surface area contributed by atoms with Gasteiger partial charge in [0, 0.05) is 25.1 Å². The molecular weight excluding hydrogens is 311 g/mol. The molecule has 1 aliphatic rings.